The van der Waals surface area contributed by atoms with Crippen molar-refractivity contribution in [2.45, 2.75) is 57.9 Å². The van der Waals surface area contributed by atoms with Crippen LogP contribution in [0.3, 0.4) is 0 Å². The molecule has 198 valence electrons. The molecule has 0 bridgehead atoms. The van der Waals surface area contributed by atoms with Crippen LogP contribution in [0.5, 0.6) is 5.88 Å². The molecule has 0 aliphatic carbocycles. The number of likely N-dealkylation sites (tertiary alicyclic amines) is 1. The predicted octanol–water partition coefficient (Wildman–Crippen LogP) is 5.25. The van der Waals surface area contributed by atoms with Crippen molar-refractivity contribution in [3.8, 4) is 5.88 Å². The largest absolute Gasteiger partial charge is 0.478 e. The third-order valence-corrected chi connectivity index (χ3v) is 8.55. The summed E-state index contributed by atoms with van der Waals surface area (Å²) in [6, 6.07) is 13.4. The fourth-order valence-electron chi connectivity index (χ4n) is 5.30. The summed E-state index contributed by atoms with van der Waals surface area (Å²) in [5, 5.41) is 11.6. The number of ether oxygens (including phenoxy) is 2. The lowest BCUT2D eigenvalue weighted by atomic mass is 9.93. The van der Waals surface area contributed by atoms with Gasteiger partial charge in [-0.15, -0.1) is 11.3 Å². The zero-order valence-corrected chi connectivity index (χ0v) is 22.3. The van der Waals surface area contributed by atoms with Crippen LogP contribution in [0.2, 0.25) is 0 Å². The number of hydrogen-bond acceptors (Lipinski definition) is 7. The maximum absolute atomic E-state index is 11.6. The Kier molecular flexibility index (Phi) is 7.14. The van der Waals surface area contributed by atoms with E-state index in [-0.39, 0.29) is 11.7 Å². The van der Waals surface area contributed by atoms with Gasteiger partial charge in [-0.05, 0) is 80.6 Å². The van der Waals surface area contributed by atoms with Gasteiger partial charge in [0.15, 0.2) is 0 Å². The smallest absolute Gasteiger partial charge is 0.335 e. The van der Waals surface area contributed by atoms with E-state index in [4.69, 9.17) is 19.4 Å². The van der Waals surface area contributed by atoms with E-state index in [2.05, 4.69) is 33.9 Å². The van der Waals surface area contributed by atoms with Gasteiger partial charge in [-0.3, -0.25) is 4.90 Å². The van der Waals surface area contributed by atoms with Crippen LogP contribution in [-0.2, 0) is 24.4 Å². The number of piperidine rings is 1. The molecular formula is C29H32N4O4S. The summed E-state index contributed by atoms with van der Waals surface area (Å²) < 4.78 is 13.8. The van der Waals surface area contributed by atoms with Gasteiger partial charge in [0.2, 0.25) is 5.88 Å². The molecule has 0 saturated carbocycles. The minimum atomic E-state index is -0.923. The van der Waals surface area contributed by atoms with Gasteiger partial charge in [-0.2, -0.15) is 0 Å². The Hall–Kier alpha value is -3.27. The molecular weight excluding hydrogens is 500 g/mol. The number of nitrogens with zero attached hydrogens (tertiary/aromatic N) is 4. The minimum absolute atomic E-state index is 0.162. The number of aromatic nitrogens is 3. The van der Waals surface area contributed by atoms with Crippen LogP contribution in [0.4, 0.5) is 0 Å². The lowest BCUT2D eigenvalue weighted by molar-refractivity contribution is -0.0592. The summed E-state index contributed by atoms with van der Waals surface area (Å²) in [4.78, 5) is 24.9. The molecule has 4 aromatic rings. The first-order chi connectivity index (χ1) is 18.5. The number of benzene rings is 1. The molecule has 0 amide bonds. The maximum Gasteiger partial charge on any atom is 0.335 e. The van der Waals surface area contributed by atoms with Crippen LogP contribution >= 0.6 is 11.3 Å². The third kappa shape index (κ3) is 5.45. The number of fused-ring (bicyclic) bond motifs is 1. The van der Waals surface area contributed by atoms with Gasteiger partial charge in [0, 0.05) is 29.2 Å². The Bertz CT molecular complexity index is 1440. The van der Waals surface area contributed by atoms with E-state index in [9.17, 15) is 9.90 Å². The Labute approximate surface area is 225 Å². The highest BCUT2D eigenvalue weighted by Gasteiger charge is 2.26. The van der Waals surface area contributed by atoms with Crippen LogP contribution in [0.1, 0.15) is 57.5 Å². The van der Waals surface area contributed by atoms with Crippen molar-refractivity contribution in [2.75, 3.05) is 19.7 Å². The summed E-state index contributed by atoms with van der Waals surface area (Å²) >= 11 is 1.72. The van der Waals surface area contributed by atoms with Gasteiger partial charge < -0.3 is 19.1 Å². The molecule has 1 N–H and O–H groups in total. The topological polar surface area (TPSA) is 89.7 Å². The van der Waals surface area contributed by atoms with Gasteiger partial charge in [0.25, 0.3) is 0 Å². The number of hydrogen-bond donors (Lipinski definition) is 1. The number of carboxylic acid groups (broad SMARTS) is 1. The van der Waals surface area contributed by atoms with Gasteiger partial charge in [-0.25, -0.2) is 14.8 Å². The number of aromatic carboxylic acids is 1. The summed E-state index contributed by atoms with van der Waals surface area (Å²) in [6.45, 7) is 6.77. The molecule has 5 heterocycles. The fraction of sp³-hybridized carbons (Fsp3) is 0.414. The van der Waals surface area contributed by atoms with Gasteiger partial charge >= 0.3 is 5.97 Å². The van der Waals surface area contributed by atoms with E-state index < -0.39 is 5.97 Å². The summed E-state index contributed by atoms with van der Waals surface area (Å²) in [6.07, 6.45) is 3.23. The molecule has 0 radical (unpaired) electrons. The Morgan fingerprint density at radius 1 is 1.16 bits per heavy atom. The molecule has 9 heteroatoms. The molecule has 0 unspecified atom stereocenters. The first kappa shape index (κ1) is 25.0. The molecule has 1 aromatic carbocycles. The standard InChI is InChI=1S/C29H32N4O4S/c1-19-13-23(38-18-19)17-37-28-4-2-3-24(31-28)20-7-10-32(11-8-20)16-27-30-25-6-5-21(29(34)35)14-26(25)33(27)15-22-9-12-36-22/h2-6,13-14,18,20,22H,7-12,15-17H2,1H3,(H,34,35)/t22-/m0/s1. The monoisotopic (exact) mass is 532 g/mol. The maximum atomic E-state index is 11.6. The molecule has 6 rings (SSSR count). The van der Waals surface area contributed by atoms with Crippen LogP contribution < -0.4 is 4.74 Å². The highest BCUT2D eigenvalue weighted by molar-refractivity contribution is 7.10. The fourth-order valence-corrected chi connectivity index (χ4v) is 6.09. The number of rotatable bonds is 9. The molecule has 1 atom stereocenters. The second-order valence-corrected chi connectivity index (χ2v) is 11.3. The van der Waals surface area contributed by atoms with Crippen molar-refractivity contribution in [1.82, 2.24) is 19.4 Å². The highest BCUT2D eigenvalue weighted by Crippen LogP contribution is 2.30. The predicted molar refractivity (Wildman–Crippen MR) is 146 cm³/mol. The molecule has 2 aliphatic rings. The van der Waals surface area contributed by atoms with Crippen molar-refractivity contribution in [3.63, 3.8) is 0 Å². The Morgan fingerprint density at radius 2 is 2.00 bits per heavy atom. The van der Waals surface area contributed by atoms with Crippen molar-refractivity contribution >= 4 is 28.3 Å². The quantitative estimate of drug-likeness (QED) is 0.315. The molecule has 8 nitrogen and oxygen atoms in total. The molecule has 38 heavy (non-hydrogen) atoms. The van der Waals surface area contributed by atoms with Gasteiger partial charge in [0.1, 0.15) is 12.4 Å². The molecule has 2 aliphatic heterocycles. The van der Waals surface area contributed by atoms with Crippen molar-refractivity contribution in [2.24, 2.45) is 0 Å². The van der Waals surface area contributed by atoms with E-state index in [1.54, 1.807) is 23.5 Å². The number of imidazole rings is 1. The number of thiophene rings is 1. The number of pyridine rings is 1. The van der Waals surface area contributed by atoms with Gasteiger partial charge in [0.05, 0.1) is 35.8 Å². The van der Waals surface area contributed by atoms with Gasteiger partial charge in [-0.1, -0.05) is 6.07 Å². The lowest BCUT2D eigenvalue weighted by Crippen LogP contribution is -2.35. The van der Waals surface area contributed by atoms with Crippen LogP contribution in [-0.4, -0.2) is 56.3 Å². The first-order valence-corrected chi connectivity index (χ1v) is 14.1. The molecule has 3 aromatic heterocycles. The molecule has 2 saturated heterocycles. The number of carboxylic acids is 1. The van der Waals surface area contributed by atoms with E-state index in [1.807, 2.05) is 18.2 Å². The summed E-state index contributed by atoms with van der Waals surface area (Å²) in [5.41, 5.74) is 4.34. The SMILES string of the molecule is Cc1csc(COc2cccc(C3CCN(Cc4nc5ccc(C(=O)O)cc5n4C[C@@H]4CCO4)CC3)n2)c1. The second kappa shape index (κ2) is 10.8. The van der Waals surface area contributed by atoms with Crippen molar-refractivity contribution in [3.05, 3.63) is 75.4 Å². The lowest BCUT2D eigenvalue weighted by Gasteiger charge is -2.32. The van der Waals surface area contributed by atoms with E-state index in [0.29, 0.717) is 24.9 Å². The minimum Gasteiger partial charge on any atom is -0.478 e. The average Bonchev–Trinajstić information content (AvgIpc) is 3.47. The number of aryl methyl sites for hydroxylation is 1. The van der Waals surface area contributed by atoms with E-state index in [0.717, 1.165) is 68.1 Å². The van der Waals surface area contributed by atoms with Crippen LogP contribution in [0.25, 0.3) is 11.0 Å². The summed E-state index contributed by atoms with van der Waals surface area (Å²) in [7, 11) is 0. The van der Waals surface area contributed by atoms with E-state index >= 15 is 0 Å². The summed E-state index contributed by atoms with van der Waals surface area (Å²) in [5.74, 6) is 1.13. The zero-order valence-electron chi connectivity index (χ0n) is 21.5. The van der Waals surface area contributed by atoms with Crippen molar-refractivity contribution in [1.29, 1.82) is 0 Å². The zero-order chi connectivity index (χ0) is 26.1. The molecule has 2 fully saturated rings. The first-order valence-electron chi connectivity index (χ1n) is 13.2. The van der Waals surface area contributed by atoms with Crippen molar-refractivity contribution < 1.29 is 19.4 Å². The average molecular weight is 533 g/mol. The second-order valence-electron chi connectivity index (χ2n) is 10.3. The Morgan fingerprint density at radius 3 is 2.71 bits per heavy atom. The highest BCUT2D eigenvalue weighted by atomic mass is 32.1. The van der Waals surface area contributed by atoms with E-state index in [1.165, 1.54) is 10.4 Å². The van der Waals surface area contributed by atoms with Crippen LogP contribution in [0, 0.1) is 6.92 Å². The number of carbonyl (C=O) groups is 1. The Balaban J connectivity index is 1.11. The third-order valence-electron chi connectivity index (χ3n) is 7.52. The van der Waals surface area contributed by atoms with Crippen LogP contribution in [0.15, 0.2) is 47.8 Å². The molecule has 0 spiro atoms. The normalized spacial score (nSPS) is 18.5.